The molecule has 0 radical (unpaired) electrons. The number of rotatable bonds is 6. The van der Waals surface area contributed by atoms with Crippen LogP contribution in [0.2, 0.25) is 0 Å². The van der Waals surface area contributed by atoms with Crippen LogP contribution in [-0.4, -0.2) is 42.2 Å². The number of phenols is 1. The lowest BCUT2D eigenvalue weighted by Crippen LogP contribution is -2.39. The third-order valence-corrected chi connectivity index (χ3v) is 3.56. The van der Waals surface area contributed by atoms with E-state index in [1.807, 2.05) is 11.0 Å². The third-order valence-electron chi connectivity index (χ3n) is 3.56. The number of methoxy groups -OCH3 is 1. The number of aromatic hydroxyl groups is 1. The van der Waals surface area contributed by atoms with E-state index in [0.717, 1.165) is 25.1 Å². The Morgan fingerprint density at radius 3 is 2.90 bits per heavy atom. The monoisotopic (exact) mass is 278 g/mol. The number of ether oxygens (including phenoxy) is 1. The van der Waals surface area contributed by atoms with Crippen LogP contribution < -0.4 is 10.1 Å². The number of nitrogens with zero attached hydrogens (tertiary/aromatic N) is 1. The molecule has 1 aromatic rings. The van der Waals surface area contributed by atoms with Gasteiger partial charge in [-0.05, 0) is 31.0 Å². The molecule has 1 unspecified atom stereocenters. The van der Waals surface area contributed by atoms with Crippen molar-refractivity contribution in [1.82, 2.24) is 10.2 Å². The number of carbonyl (C=O) groups is 1. The van der Waals surface area contributed by atoms with Gasteiger partial charge in [0.2, 0.25) is 5.91 Å². The second-order valence-electron chi connectivity index (χ2n) is 5.23. The fraction of sp³-hybridized carbons (Fsp3) is 0.533. The predicted octanol–water partition coefficient (Wildman–Crippen LogP) is 1.50. The molecule has 1 aromatic carbocycles. The number of hydrogen-bond donors (Lipinski definition) is 2. The van der Waals surface area contributed by atoms with Crippen LogP contribution in [0.25, 0.3) is 0 Å². The molecule has 0 saturated carbocycles. The lowest BCUT2D eigenvalue weighted by Gasteiger charge is -2.21. The number of amides is 1. The maximum absolute atomic E-state index is 11.6. The molecule has 110 valence electrons. The molecule has 0 aliphatic carbocycles. The molecule has 1 aliphatic heterocycles. The zero-order chi connectivity index (χ0) is 14.5. The van der Waals surface area contributed by atoms with Crippen molar-refractivity contribution in [2.24, 2.45) is 0 Å². The maximum atomic E-state index is 11.6. The summed E-state index contributed by atoms with van der Waals surface area (Å²) < 4.78 is 5.01. The van der Waals surface area contributed by atoms with Gasteiger partial charge in [0.05, 0.1) is 7.11 Å². The summed E-state index contributed by atoms with van der Waals surface area (Å²) in [6, 6.07) is 5.58. The first-order chi connectivity index (χ1) is 9.60. The van der Waals surface area contributed by atoms with E-state index in [0.29, 0.717) is 18.7 Å². The number of nitrogens with one attached hydrogen (secondary N) is 1. The minimum atomic E-state index is 0.147. The van der Waals surface area contributed by atoms with E-state index in [9.17, 15) is 9.90 Å². The summed E-state index contributed by atoms with van der Waals surface area (Å²) in [5.74, 6) is 0.874. The Hall–Kier alpha value is -1.75. The molecule has 0 bridgehead atoms. The first kappa shape index (κ1) is 14.7. The van der Waals surface area contributed by atoms with E-state index in [2.05, 4.69) is 12.2 Å². The van der Waals surface area contributed by atoms with Gasteiger partial charge in [0, 0.05) is 32.1 Å². The summed E-state index contributed by atoms with van der Waals surface area (Å²) in [7, 11) is 1.53. The molecule has 2 rings (SSSR count). The molecule has 2 N–H and O–H groups in total. The molecule has 5 heteroatoms. The third kappa shape index (κ3) is 3.63. The van der Waals surface area contributed by atoms with Crippen LogP contribution in [0.3, 0.4) is 0 Å². The number of likely N-dealkylation sites (tertiary alicyclic amines) is 1. The molecule has 1 saturated heterocycles. The first-order valence-corrected chi connectivity index (χ1v) is 6.97. The summed E-state index contributed by atoms with van der Waals surface area (Å²) in [5.41, 5.74) is 0.989. The number of hydrogen-bond acceptors (Lipinski definition) is 4. The quantitative estimate of drug-likeness (QED) is 0.828. The fourth-order valence-electron chi connectivity index (χ4n) is 2.43. The second-order valence-corrected chi connectivity index (χ2v) is 5.23. The number of benzene rings is 1. The molecule has 1 amide bonds. The van der Waals surface area contributed by atoms with Crippen LogP contribution in [0.4, 0.5) is 0 Å². The van der Waals surface area contributed by atoms with Gasteiger partial charge in [-0.25, -0.2) is 0 Å². The van der Waals surface area contributed by atoms with E-state index in [1.165, 1.54) is 7.11 Å². The maximum Gasteiger partial charge on any atom is 0.222 e. The molecule has 0 spiro atoms. The highest BCUT2D eigenvalue weighted by Crippen LogP contribution is 2.26. The number of carbonyl (C=O) groups excluding carboxylic acids is 1. The molecule has 1 aliphatic rings. The molecular formula is C15H22N2O3. The summed E-state index contributed by atoms with van der Waals surface area (Å²) in [6.07, 6.45) is 1.65. The van der Waals surface area contributed by atoms with E-state index in [1.54, 1.807) is 12.1 Å². The molecule has 0 aromatic heterocycles. The van der Waals surface area contributed by atoms with Crippen molar-refractivity contribution in [3.05, 3.63) is 23.8 Å². The van der Waals surface area contributed by atoms with E-state index in [4.69, 9.17) is 4.74 Å². The Bertz CT molecular complexity index is 476. The normalized spacial score (nSPS) is 16.5. The molecule has 5 nitrogen and oxygen atoms in total. The van der Waals surface area contributed by atoms with Gasteiger partial charge in [0.25, 0.3) is 0 Å². The highest BCUT2D eigenvalue weighted by atomic mass is 16.5. The molecule has 1 atom stereocenters. The van der Waals surface area contributed by atoms with Crippen LogP contribution in [0, 0.1) is 0 Å². The van der Waals surface area contributed by atoms with Crippen LogP contribution in [0.5, 0.6) is 11.5 Å². The van der Waals surface area contributed by atoms with Crippen molar-refractivity contribution in [2.75, 3.05) is 20.2 Å². The van der Waals surface area contributed by atoms with Crippen LogP contribution >= 0.6 is 0 Å². The Morgan fingerprint density at radius 2 is 2.30 bits per heavy atom. The van der Waals surface area contributed by atoms with E-state index in [-0.39, 0.29) is 17.7 Å². The van der Waals surface area contributed by atoms with Crippen molar-refractivity contribution < 1.29 is 14.6 Å². The number of phenolic OH excluding ortho intramolecular Hbond substituents is 1. The average molecular weight is 278 g/mol. The minimum absolute atomic E-state index is 0.147. The standard InChI is InChI=1S/C15H22N2O3/c1-11(10-17-7-3-4-15(17)19)16-9-12-5-6-14(20-2)13(18)8-12/h5-6,8,11,16,18H,3-4,7,9-10H2,1-2H3. The van der Waals surface area contributed by atoms with Crippen molar-refractivity contribution >= 4 is 5.91 Å². The zero-order valence-electron chi connectivity index (χ0n) is 12.1. The topological polar surface area (TPSA) is 61.8 Å². The lowest BCUT2D eigenvalue weighted by atomic mass is 10.2. The Balaban J connectivity index is 1.82. The van der Waals surface area contributed by atoms with Gasteiger partial charge in [-0.3, -0.25) is 4.79 Å². The van der Waals surface area contributed by atoms with Gasteiger partial charge < -0.3 is 20.1 Å². The molecular weight excluding hydrogens is 256 g/mol. The van der Waals surface area contributed by atoms with Crippen LogP contribution in [0.1, 0.15) is 25.3 Å². The van der Waals surface area contributed by atoms with Crippen LogP contribution in [0.15, 0.2) is 18.2 Å². The summed E-state index contributed by atoms with van der Waals surface area (Å²) in [6.45, 7) is 4.32. The van der Waals surface area contributed by atoms with E-state index >= 15 is 0 Å². The Morgan fingerprint density at radius 1 is 1.50 bits per heavy atom. The highest BCUT2D eigenvalue weighted by Gasteiger charge is 2.21. The van der Waals surface area contributed by atoms with Crippen molar-refractivity contribution in [3.8, 4) is 11.5 Å². The van der Waals surface area contributed by atoms with Crippen LogP contribution in [-0.2, 0) is 11.3 Å². The Kier molecular flexibility index (Phi) is 4.84. The zero-order valence-corrected chi connectivity index (χ0v) is 12.1. The summed E-state index contributed by atoms with van der Waals surface area (Å²) in [5, 5.41) is 13.1. The molecule has 1 heterocycles. The van der Waals surface area contributed by atoms with E-state index < -0.39 is 0 Å². The lowest BCUT2D eigenvalue weighted by molar-refractivity contribution is -0.127. The van der Waals surface area contributed by atoms with Gasteiger partial charge in [-0.15, -0.1) is 0 Å². The average Bonchev–Trinajstić information content (AvgIpc) is 2.82. The Labute approximate surface area is 119 Å². The van der Waals surface area contributed by atoms with Gasteiger partial charge in [-0.2, -0.15) is 0 Å². The van der Waals surface area contributed by atoms with Crippen molar-refractivity contribution in [3.63, 3.8) is 0 Å². The largest absolute Gasteiger partial charge is 0.504 e. The van der Waals surface area contributed by atoms with Gasteiger partial charge >= 0.3 is 0 Å². The van der Waals surface area contributed by atoms with Gasteiger partial charge in [-0.1, -0.05) is 6.07 Å². The van der Waals surface area contributed by atoms with Crippen molar-refractivity contribution in [2.45, 2.75) is 32.4 Å². The summed E-state index contributed by atoms with van der Waals surface area (Å²) in [4.78, 5) is 13.5. The minimum Gasteiger partial charge on any atom is -0.504 e. The SMILES string of the molecule is COc1ccc(CNC(C)CN2CCCC2=O)cc1O. The molecule has 1 fully saturated rings. The highest BCUT2D eigenvalue weighted by molar-refractivity contribution is 5.78. The first-order valence-electron chi connectivity index (χ1n) is 6.97. The second kappa shape index (κ2) is 6.61. The summed E-state index contributed by atoms with van der Waals surface area (Å²) >= 11 is 0. The van der Waals surface area contributed by atoms with Gasteiger partial charge in [0.1, 0.15) is 0 Å². The fourth-order valence-corrected chi connectivity index (χ4v) is 2.43. The molecule has 20 heavy (non-hydrogen) atoms. The predicted molar refractivity (Wildman–Crippen MR) is 76.8 cm³/mol. The van der Waals surface area contributed by atoms with Gasteiger partial charge in [0.15, 0.2) is 11.5 Å². The van der Waals surface area contributed by atoms with Crippen molar-refractivity contribution in [1.29, 1.82) is 0 Å². The smallest absolute Gasteiger partial charge is 0.222 e.